The smallest absolute Gasteiger partial charge is 0.330 e. The van der Waals surface area contributed by atoms with E-state index in [1.807, 2.05) is 19.9 Å². The number of amides is 1. The van der Waals surface area contributed by atoms with Crippen molar-refractivity contribution in [2.45, 2.75) is 26.8 Å². The highest BCUT2D eigenvalue weighted by Crippen LogP contribution is 2.13. The number of esters is 1. The van der Waals surface area contributed by atoms with Gasteiger partial charge in [-0.05, 0) is 25.0 Å². The van der Waals surface area contributed by atoms with Crippen LogP contribution in [0.3, 0.4) is 0 Å². The normalized spacial score (nSPS) is 12.1. The van der Waals surface area contributed by atoms with E-state index in [4.69, 9.17) is 10.6 Å². The van der Waals surface area contributed by atoms with Gasteiger partial charge < -0.3 is 4.74 Å². The summed E-state index contributed by atoms with van der Waals surface area (Å²) >= 11 is 0. The maximum absolute atomic E-state index is 12.2. The number of benzene rings is 1. The second-order valence-electron chi connectivity index (χ2n) is 4.52. The minimum atomic E-state index is -0.785. The number of ether oxygens (including phenoxy) is 1. The average molecular weight is 264 g/mol. The lowest BCUT2D eigenvalue weighted by Gasteiger charge is -2.28. The zero-order valence-electron chi connectivity index (χ0n) is 11.5. The van der Waals surface area contributed by atoms with Crippen molar-refractivity contribution in [3.05, 3.63) is 35.9 Å². The molecule has 0 aliphatic rings. The van der Waals surface area contributed by atoms with Crippen molar-refractivity contribution in [2.24, 2.45) is 11.8 Å². The molecule has 19 heavy (non-hydrogen) atoms. The molecule has 1 atom stereocenters. The van der Waals surface area contributed by atoms with Gasteiger partial charge in [0.05, 0.1) is 6.61 Å². The van der Waals surface area contributed by atoms with Gasteiger partial charge >= 0.3 is 5.97 Å². The Balaban J connectivity index is 2.91. The Hall–Kier alpha value is -1.88. The summed E-state index contributed by atoms with van der Waals surface area (Å²) in [5.41, 5.74) is 0.444. The van der Waals surface area contributed by atoms with Crippen LogP contribution in [0, 0.1) is 5.92 Å². The first-order valence-corrected chi connectivity index (χ1v) is 6.29. The molecule has 104 valence electrons. The highest BCUT2D eigenvalue weighted by molar-refractivity contribution is 5.96. The third-order valence-corrected chi connectivity index (χ3v) is 2.71. The standard InChI is InChI=1S/C14H20N2O3/c1-4-19-14(18)12(10(2)3)16(15)13(17)11-8-6-5-7-9-11/h5-10,12H,4,15H2,1-3H3. The number of nitrogens with two attached hydrogens (primary N) is 1. The predicted octanol–water partition coefficient (Wildman–Crippen LogP) is 1.59. The van der Waals surface area contributed by atoms with E-state index >= 15 is 0 Å². The molecule has 0 aliphatic heterocycles. The van der Waals surface area contributed by atoms with Crippen LogP contribution in [0.25, 0.3) is 0 Å². The van der Waals surface area contributed by atoms with Crippen LogP contribution in [0.4, 0.5) is 0 Å². The molecule has 0 saturated carbocycles. The number of nitrogens with zero attached hydrogens (tertiary/aromatic N) is 1. The maximum Gasteiger partial charge on any atom is 0.330 e. The summed E-state index contributed by atoms with van der Waals surface area (Å²) in [4.78, 5) is 24.1. The Kier molecular flexibility index (Phi) is 5.51. The Morgan fingerprint density at radius 2 is 1.84 bits per heavy atom. The van der Waals surface area contributed by atoms with Gasteiger partial charge in [0, 0.05) is 5.56 Å². The largest absolute Gasteiger partial charge is 0.464 e. The van der Waals surface area contributed by atoms with Crippen LogP contribution >= 0.6 is 0 Å². The Morgan fingerprint density at radius 3 is 2.32 bits per heavy atom. The molecule has 1 amide bonds. The number of carbonyl (C=O) groups is 2. The van der Waals surface area contributed by atoms with Gasteiger partial charge in [-0.25, -0.2) is 10.6 Å². The molecule has 0 fully saturated rings. The highest BCUT2D eigenvalue weighted by atomic mass is 16.5. The molecule has 5 heteroatoms. The van der Waals surface area contributed by atoms with Gasteiger partial charge in [0.15, 0.2) is 0 Å². The molecule has 1 aromatic rings. The predicted molar refractivity (Wildman–Crippen MR) is 72.1 cm³/mol. The van der Waals surface area contributed by atoms with E-state index in [9.17, 15) is 9.59 Å². The van der Waals surface area contributed by atoms with Crippen molar-refractivity contribution in [2.75, 3.05) is 6.61 Å². The monoisotopic (exact) mass is 264 g/mol. The molecular formula is C14H20N2O3. The Bertz CT molecular complexity index is 432. The Morgan fingerprint density at radius 1 is 1.26 bits per heavy atom. The summed E-state index contributed by atoms with van der Waals surface area (Å²) in [5, 5.41) is 0.956. The summed E-state index contributed by atoms with van der Waals surface area (Å²) < 4.78 is 4.96. The fraction of sp³-hybridized carbons (Fsp3) is 0.429. The fourth-order valence-electron chi connectivity index (χ4n) is 1.79. The van der Waals surface area contributed by atoms with E-state index in [2.05, 4.69) is 0 Å². The van der Waals surface area contributed by atoms with Gasteiger partial charge in [0.1, 0.15) is 6.04 Å². The van der Waals surface area contributed by atoms with E-state index in [-0.39, 0.29) is 12.5 Å². The van der Waals surface area contributed by atoms with E-state index in [1.54, 1.807) is 31.2 Å². The van der Waals surface area contributed by atoms with Crippen molar-refractivity contribution in [3.63, 3.8) is 0 Å². The van der Waals surface area contributed by atoms with Crippen LogP contribution in [0.1, 0.15) is 31.1 Å². The Labute approximate surface area is 113 Å². The molecule has 1 unspecified atom stereocenters. The average Bonchev–Trinajstić information content (AvgIpc) is 2.38. The maximum atomic E-state index is 12.2. The summed E-state index contributed by atoms with van der Waals surface area (Å²) in [7, 11) is 0. The molecule has 0 aliphatic carbocycles. The molecule has 0 heterocycles. The highest BCUT2D eigenvalue weighted by Gasteiger charge is 2.32. The van der Waals surface area contributed by atoms with Gasteiger partial charge in [-0.1, -0.05) is 32.0 Å². The molecule has 2 N–H and O–H groups in total. The van der Waals surface area contributed by atoms with Crippen LogP contribution in [0.15, 0.2) is 30.3 Å². The van der Waals surface area contributed by atoms with Crippen LogP contribution in [0.5, 0.6) is 0 Å². The topological polar surface area (TPSA) is 72.6 Å². The first kappa shape index (κ1) is 15.2. The first-order valence-electron chi connectivity index (χ1n) is 6.29. The van der Waals surface area contributed by atoms with Crippen molar-refractivity contribution in [1.82, 2.24) is 5.01 Å². The molecule has 0 bridgehead atoms. The SMILES string of the molecule is CCOC(=O)C(C(C)C)N(N)C(=O)c1ccccc1. The van der Waals surface area contributed by atoms with Gasteiger partial charge in [0.2, 0.25) is 0 Å². The number of hydrazine groups is 1. The lowest BCUT2D eigenvalue weighted by molar-refractivity contribution is -0.150. The summed E-state index contributed by atoms with van der Waals surface area (Å²) in [6.07, 6.45) is 0. The molecule has 1 rings (SSSR count). The summed E-state index contributed by atoms with van der Waals surface area (Å²) in [6, 6.07) is 7.83. The molecule has 0 saturated heterocycles. The quantitative estimate of drug-likeness (QED) is 0.379. The van der Waals surface area contributed by atoms with Crippen LogP contribution in [0.2, 0.25) is 0 Å². The summed E-state index contributed by atoms with van der Waals surface area (Å²) in [5.74, 6) is 4.80. The summed E-state index contributed by atoms with van der Waals surface area (Å²) in [6.45, 7) is 5.62. The van der Waals surface area contributed by atoms with Crippen LogP contribution in [-0.2, 0) is 9.53 Å². The molecule has 0 aromatic heterocycles. The molecule has 1 aromatic carbocycles. The second kappa shape index (κ2) is 6.89. The lowest BCUT2D eigenvalue weighted by Crippen LogP contribution is -2.52. The molecular weight excluding hydrogens is 244 g/mol. The second-order valence-corrected chi connectivity index (χ2v) is 4.52. The van der Waals surface area contributed by atoms with Gasteiger partial charge in [0.25, 0.3) is 5.91 Å². The minimum Gasteiger partial charge on any atom is -0.464 e. The lowest BCUT2D eigenvalue weighted by atomic mass is 10.0. The third kappa shape index (κ3) is 3.79. The fourth-order valence-corrected chi connectivity index (χ4v) is 1.79. The number of hydrogen-bond acceptors (Lipinski definition) is 4. The third-order valence-electron chi connectivity index (χ3n) is 2.71. The molecule has 0 spiro atoms. The van der Waals surface area contributed by atoms with E-state index in [0.717, 1.165) is 5.01 Å². The van der Waals surface area contributed by atoms with Crippen molar-refractivity contribution < 1.29 is 14.3 Å². The van der Waals surface area contributed by atoms with Crippen LogP contribution in [-0.4, -0.2) is 29.5 Å². The van der Waals surface area contributed by atoms with Gasteiger partial charge in [-0.15, -0.1) is 0 Å². The van der Waals surface area contributed by atoms with E-state index in [0.29, 0.717) is 5.56 Å². The van der Waals surface area contributed by atoms with E-state index < -0.39 is 17.9 Å². The minimum absolute atomic E-state index is 0.128. The zero-order valence-corrected chi connectivity index (χ0v) is 11.5. The number of hydrogen-bond donors (Lipinski definition) is 1. The van der Waals surface area contributed by atoms with Crippen molar-refractivity contribution in [3.8, 4) is 0 Å². The first-order chi connectivity index (χ1) is 8.99. The number of carbonyl (C=O) groups excluding carboxylic acids is 2. The van der Waals surface area contributed by atoms with Gasteiger partial charge in [-0.2, -0.15) is 0 Å². The van der Waals surface area contributed by atoms with Gasteiger partial charge in [-0.3, -0.25) is 9.80 Å². The van der Waals surface area contributed by atoms with E-state index in [1.165, 1.54) is 0 Å². The van der Waals surface area contributed by atoms with Crippen molar-refractivity contribution >= 4 is 11.9 Å². The number of rotatable bonds is 5. The van der Waals surface area contributed by atoms with Crippen molar-refractivity contribution in [1.29, 1.82) is 0 Å². The molecule has 0 radical (unpaired) electrons. The van der Waals surface area contributed by atoms with Crippen LogP contribution < -0.4 is 5.84 Å². The molecule has 5 nitrogen and oxygen atoms in total. The zero-order chi connectivity index (χ0) is 14.4.